The maximum absolute atomic E-state index is 14.9. The van der Waals surface area contributed by atoms with E-state index >= 15 is 0 Å². The van der Waals surface area contributed by atoms with Crippen LogP contribution in [0, 0.1) is 34.5 Å². The molecule has 8 rings (SSSR count). The van der Waals surface area contributed by atoms with Crippen molar-refractivity contribution < 1.29 is 45.8 Å². The minimum atomic E-state index is -2.41. The number of anilines is 1. The first kappa shape index (κ1) is 34.7. The lowest BCUT2D eigenvalue weighted by atomic mass is 9.53. The summed E-state index contributed by atoms with van der Waals surface area (Å²) in [6.07, 6.45) is 0. The summed E-state index contributed by atoms with van der Waals surface area (Å²) in [7, 11) is 3.80. The highest BCUT2D eigenvalue weighted by molar-refractivity contribution is 5.93. The van der Waals surface area contributed by atoms with Gasteiger partial charge in [0.1, 0.15) is 29.4 Å². The zero-order chi connectivity index (χ0) is 37.3. The number of rotatable bonds is 7. The Hall–Kier alpha value is -5.71. The van der Waals surface area contributed by atoms with Gasteiger partial charge >= 0.3 is 11.9 Å². The van der Waals surface area contributed by atoms with E-state index in [1.165, 1.54) is 12.1 Å². The second-order valence-corrected chi connectivity index (χ2v) is 14.0. The molecule has 0 atom stereocenters. The fraction of sp³-hybridized carbons (Fsp3) is 0.220. The average Bonchev–Trinajstić information content (AvgIpc) is 3.13. The third-order valence-corrected chi connectivity index (χ3v) is 9.59. The van der Waals surface area contributed by atoms with Crippen LogP contribution in [0.5, 0.6) is 17.2 Å². The molecule has 0 unspecified atom stereocenters. The zero-order valence-corrected chi connectivity index (χ0v) is 28.7. The van der Waals surface area contributed by atoms with Crippen LogP contribution in [0.3, 0.4) is 0 Å². The number of carbonyl (C=O) groups is 2. The summed E-state index contributed by atoms with van der Waals surface area (Å²) in [5.74, 6) is -14.2. The Balaban J connectivity index is 1.49. The normalized spacial score (nSPS) is 16.8. The fourth-order valence-electron chi connectivity index (χ4n) is 7.10. The molecule has 3 aliphatic rings. The lowest BCUT2D eigenvalue weighted by Crippen LogP contribution is -2.47. The van der Waals surface area contributed by atoms with Gasteiger partial charge < -0.3 is 19.1 Å². The van der Waals surface area contributed by atoms with Crippen LogP contribution in [0.15, 0.2) is 84.9 Å². The summed E-state index contributed by atoms with van der Waals surface area (Å²) in [6, 6.07) is 25.1. The molecular weight excluding hydrogens is 681 g/mol. The number of hydrogen-bond donors (Lipinski definition) is 0. The summed E-state index contributed by atoms with van der Waals surface area (Å²) in [4.78, 5) is 28.8. The van der Waals surface area contributed by atoms with Crippen LogP contribution in [0.4, 0.5) is 27.6 Å². The van der Waals surface area contributed by atoms with E-state index in [2.05, 4.69) is 0 Å². The fourth-order valence-corrected chi connectivity index (χ4v) is 7.10. The minimum absolute atomic E-state index is 0.105. The first-order chi connectivity index (χ1) is 24.7. The molecule has 0 fully saturated rings. The standard InChI is InChI=1S/C41H32F5NO5/c1-40(2,3)39(49)52-27-18-19-28(51-38(48)31-33(42)35(44)37(46)36(45)34(31)43)32-30(27)29-23-10-6-8-12-25(23)41(32,26-13-9-7-11-24(26)29)20-50-22-16-14-21(15-17-22)47(4)5/h6-19,29H,20H2,1-5H3. The molecule has 0 saturated carbocycles. The van der Waals surface area contributed by atoms with Crippen LogP contribution in [0.2, 0.25) is 0 Å². The third kappa shape index (κ3) is 5.29. The number of benzene rings is 5. The second-order valence-electron chi connectivity index (χ2n) is 14.0. The molecule has 3 aliphatic carbocycles. The summed E-state index contributed by atoms with van der Waals surface area (Å²) >= 11 is 0. The van der Waals surface area contributed by atoms with E-state index in [1.54, 1.807) is 32.9 Å². The molecule has 11 heteroatoms. The van der Waals surface area contributed by atoms with Crippen molar-refractivity contribution >= 4 is 17.6 Å². The molecule has 5 aromatic carbocycles. The Bertz CT molecular complexity index is 2200. The number of halogens is 5. The van der Waals surface area contributed by atoms with Crippen molar-refractivity contribution in [1.82, 2.24) is 0 Å². The van der Waals surface area contributed by atoms with Crippen LogP contribution in [0.1, 0.15) is 70.4 Å². The van der Waals surface area contributed by atoms with Crippen LogP contribution >= 0.6 is 0 Å². The third-order valence-electron chi connectivity index (χ3n) is 9.59. The van der Waals surface area contributed by atoms with E-state index in [9.17, 15) is 31.5 Å². The quantitative estimate of drug-likeness (QED) is 0.0553. The molecule has 0 N–H and O–H groups in total. The van der Waals surface area contributed by atoms with E-state index in [0.717, 1.165) is 27.9 Å². The van der Waals surface area contributed by atoms with E-state index in [0.29, 0.717) is 11.3 Å². The van der Waals surface area contributed by atoms with Gasteiger partial charge in [0.05, 0.1) is 10.8 Å². The van der Waals surface area contributed by atoms with Crippen molar-refractivity contribution in [2.45, 2.75) is 32.1 Å². The van der Waals surface area contributed by atoms with Crippen molar-refractivity contribution in [3.8, 4) is 17.2 Å². The summed E-state index contributed by atoms with van der Waals surface area (Å²) < 4.78 is 90.5. The SMILES string of the molecule is CN(C)c1ccc(OCC23c4ccccc4C(c4ccccc42)c2c(OC(=O)C(C)(C)C)ccc(OC(=O)c4c(F)c(F)c(F)c(F)c4F)c23)cc1. The smallest absolute Gasteiger partial charge is 0.349 e. The number of esters is 2. The molecule has 0 heterocycles. The lowest BCUT2D eigenvalue weighted by Gasteiger charge is -2.50. The van der Waals surface area contributed by atoms with Gasteiger partial charge in [-0.3, -0.25) is 4.79 Å². The Labute approximate surface area is 296 Å². The molecular formula is C41H32F5NO5. The van der Waals surface area contributed by atoms with E-state index in [1.807, 2.05) is 79.7 Å². The predicted octanol–water partition coefficient (Wildman–Crippen LogP) is 8.84. The molecule has 0 aromatic heterocycles. The molecule has 52 heavy (non-hydrogen) atoms. The van der Waals surface area contributed by atoms with E-state index in [4.69, 9.17) is 14.2 Å². The summed E-state index contributed by atoms with van der Waals surface area (Å²) in [5, 5.41) is 0. The Morgan fingerprint density at radius 2 is 1.21 bits per heavy atom. The second kappa shape index (κ2) is 12.5. The van der Waals surface area contributed by atoms with Crippen molar-refractivity contribution in [3.05, 3.63) is 153 Å². The summed E-state index contributed by atoms with van der Waals surface area (Å²) in [6.45, 7) is 4.96. The lowest BCUT2D eigenvalue weighted by molar-refractivity contribution is -0.143. The van der Waals surface area contributed by atoms with Gasteiger partial charge in [0.2, 0.25) is 5.82 Å². The van der Waals surface area contributed by atoms with Crippen LogP contribution in [0.25, 0.3) is 0 Å². The highest BCUT2D eigenvalue weighted by Crippen LogP contribution is 2.63. The van der Waals surface area contributed by atoms with Gasteiger partial charge in [-0.15, -0.1) is 0 Å². The average molecular weight is 714 g/mol. The first-order valence-electron chi connectivity index (χ1n) is 16.4. The molecule has 2 bridgehead atoms. The topological polar surface area (TPSA) is 65.1 Å². The van der Waals surface area contributed by atoms with Gasteiger partial charge in [0.25, 0.3) is 0 Å². The van der Waals surface area contributed by atoms with Gasteiger partial charge in [-0.1, -0.05) is 48.5 Å². The van der Waals surface area contributed by atoms with Crippen LogP contribution in [-0.2, 0) is 10.2 Å². The maximum atomic E-state index is 14.9. The number of hydrogen-bond acceptors (Lipinski definition) is 6. The highest BCUT2D eigenvalue weighted by Gasteiger charge is 2.55. The van der Waals surface area contributed by atoms with Crippen molar-refractivity contribution in [1.29, 1.82) is 0 Å². The van der Waals surface area contributed by atoms with Crippen molar-refractivity contribution in [2.24, 2.45) is 5.41 Å². The van der Waals surface area contributed by atoms with Gasteiger partial charge in [-0.2, -0.15) is 0 Å². The molecule has 0 amide bonds. The number of nitrogens with zero attached hydrogens (tertiary/aromatic N) is 1. The van der Waals surface area contributed by atoms with Gasteiger partial charge in [0.15, 0.2) is 23.3 Å². The molecule has 5 aromatic rings. The molecule has 0 aliphatic heterocycles. The molecule has 0 saturated heterocycles. The molecule has 0 spiro atoms. The predicted molar refractivity (Wildman–Crippen MR) is 183 cm³/mol. The molecule has 266 valence electrons. The highest BCUT2D eigenvalue weighted by atomic mass is 19.2. The van der Waals surface area contributed by atoms with Crippen LogP contribution < -0.4 is 19.1 Å². The minimum Gasteiger partial charge on any atom is -0.492 e. The Kier molecular flexibility index (Phi) is 8.35. The summed E-state index contributed by atoms with van der Waals surface area (Å²) in [5.41, 5.74) is 0.834. The molecule has 6 nitrogen and oxygen atoms in total. The monoisotopic (exact) mass is 713 g/mol. The van der Waals surface area contributed by atoms with Crippen LogP contribution in [-0.4, -0.2) is 32.6 Å². The van der Waals surface area contributed by atoms with E-state index in [-0.39, 0.29) is 23.7 Å². The molecule has 0 radical (unpaired) electrons. The maximum Gasteiger partial charge on any atom is 0.349 e. The first-order valence-corrected chi connectivity index (χ1v) is 16.4. The largest absolute Gasteiger partial charge is 0.492 e. The Morgan fingerprint density at radius 3 is 1.75 bits per heavy atom. The Morgan fingerprint density at radius 1 is 0.692 bits per heavy atom. The number of carbonyl (C=O) groups excluding carboxylic acids is 2. The van der Waals surface area contributed by atoms with Gasteiger partial charge in [0, 0.05) is 36.8 Å². The zero-order valence-electron chi connectivity index (χ0n) is 28.7. The van der Waals surface area contributed by atoms with Gasteiger partial charge in [-0.25, -0.2) is 26.7 Å². The number of ether oxygens (including phenoxy) is 3. The van der Waals surface area contributed by atoms with E-state index < -0.39 is 63.3 Å². The van der Waals surface area contributed by atoms with Crippen molar-refractivity contribution in [2.75, 3.05) is 25.6 Å². The van der Waals surface area contributed by atoms with Gasteiger partial charge in [-0.05, 0) is 79.4 Å². The van der Waals surface area contributed by atoms with Crippen molar-refractivity contribution in [3.63, 3.8) is 0 Å².